The van der Waals surface area contributed by atoms with Gasteiger partial charge in [-0.15, -0.1) is 0 Å². The maximum atomic E-state index is 10.9. The molecule has 1 saturated heterocycles. The van der Waals surface area contributed by atoms with Crippen LogP contribution in [0.5, 0.6) is 0 Å². The highest BCUT2D eigenvalue weighted by molar-refractivity contribution is 5.80. The highest BCUT2D eigenvalue weighted by Gasteiger charge is 2.21. The number of amides is 1. The summed E-state index contributed by atoms with van der Waals surface area (Å²) in [4.78, 5) is 14.8. The molecule has 5 nitrogen and oxygen atoms in total. The number of rotatable bonds is 2. The van der Waals surface area contributed by atoms with E-state index in [-0.39, 0.29) is 11.9 Å². The summed E-state index contributed by atoms with van der Waals surface area (Å²) in [5.41, 5.74) is 7.14. The molecule has 2 rings (SSSR count). The van der Waals surface area contributed by atoms with Crippen molar-refractivity contribution in [2.24, 2.45) is 0 Å². The summed E-state index contributed by atoms with van der Waals surface area (Å²) in [6.07, 6.45) is 3.76. The third-order valence-corrected chi connectivity index (χ3v) is 2.19. The highest BCUT2D eigenvalue weighted by atomic mass is 16.1. The topological polar surface area (TPSA) is 80.0 Å². The Balaban J connectivity index is 2.04. The number of carbonyl (C=O) groups is 1. The van der Waals surface area contributed by atoms with Crippen molar-refractivity contribution in [1.29, 1.82) is 0 Å². The van der Waals surface area contributed by atoms with Crippen molar-refractivity contribution in [2.75, 3.05) is 17.6 Å². The van der Waals surface area contributed by atoms with Gasteiger partial charge in [-0.25, -0.2) is 0 Å². The van der Waals surface area contributed by atoms with Crippen LogP contribution >= 0.6 is 0 Å². The number of pyridine rings is 1. The summed E-state index contributed by atoms with van der Waals surface area (Å²) in [5.74, 6) is 0.0788. The lowest BCUT2D eigenvalue weighted by Gasteiger charge is -2.13. The third kappa shape index (κ3) is 1.76. The Labute approximate surface area is 81.7 Å². The lowest BCUT2D eigenvalue weighted by molar-refractivity contribution is -0.119. The average molecular weight is 192 g/mol. The van der Waals surface area contributed by atoms with Gasteiger partial charge in [-0.1, -0.05) is 0 Å². The van der Waals surface area contributed by atoms with Gasteiger partial charge in [0.15, 0.2) is 0 Å². The smallest absolute Gasteiger partial charge is 0.222 e. The van der Waals surface area contributed by atoms with Crippen molar-refractivity contribution >= 4 is 17.3 Å². The second kappa shape index (κ2) is 3.53. The molecular weight excluding hydrogens is 180 g/mol. The van der Waals surface area contributed by atoms with Gasteiger partial charge in [0, 0.05) is 19.2 Å². The standard InChI is InChI=1S/C9H12N4O/c10-7-5-11-2-1-8(7)13-6-3-9(14)12-4-6/h1-2,5-6H,3-4,10H2,(H,11,13)(H,12,14). The molecule has 0 radical (unpaired) electrons. The van der Waals surface area contributed by atoms with Crippen LogP contribution in [0.2, 0.25) is 0 Å². The van der Waals surface area contributed by atoms with E-state index in [0.29, 0.717) is 18.7 Å². The lowest BCUT2D eigenvalue weighted by Crippen LogP contribution is -2.22. The van der Waals surface area contributed by atoms with Crippen LogP contribution in [0.3, 0.4) is 0 Å². The van der Waals surface area contributed by atoms with Crippen LogP contribution in [0.1, 0.15) is 6.42 Å². The lowest BCUT2D eigenvalue weighted by atomic mass is 10.2. The third-order valence-electron chi connectivity index (χ3n) is 2.19. The van der Waals surface area contributed by atoms with Crippen molar-refractivity contribution in [2.45, 2.75) is 12.5 Å². The molecule has 1 aromatic heterocycles. The number of hydrogen-bond donors (Lipinski definition) is 3. The fraction of sp³-hybridized carbons (Fsp3) is 0.333. The Bertz CT molecular complexity index is 352. The fourth-order valence-corrected chi connectivity index (χ4v) is 1.47. The van der Waals surface area contributed by atoms with Gasteiger partial charge in [0.05, 0.1) is 23.6 Å². The predicted molar refractivity (Wildman–Crippen MR) is 53.7 cm³/mol. The van der Waals surface area contributed by atoms with Crippen molar-refractivity contribution in [3.63, 3.8) is 0 Å². The van der Waals surface area contributed by atoms with Gasteiger partial charge in [0.2, 0.25) is 5.91 Å². The number of aromatic nitrogens is 1. The molecule has 74 valence electrons. The minimum absolute atomic E-state index is 0.0788. The molecule has 0 aromatic carbocycles. The van der Waals surface area contributed by atoms with Crippen LogP contribution in [-0.4, -0.2) is 23.5 Å². The SMILES string of the molecule is Nc1cnccc1NC1CNC(=O)C1. The Morgan fingerprint density at radius 1 is 1.64 bits per heavy atom. The average Bonchev–Trinajstić information content (AvgIpc) is 2.56. The van der Waals surface area contributed by atoms with E-state index < -0.39 is 0 Å². The second-order valence-electron chi connectivity index (χ2n) is 3.31. The zero-order chi connectivity index (χ0) is 9.97. The number of carbonyl (C=O) groups excluding carboxylic acids is 1. The van der Waals surface area contributed by atoms with Crippen LogP contribution in [0.15, 0.2) is 18.5 Å². The number of nitrogen functional groups attached to an aromatic ring is 1. The first-order valence-corrected chi connectivity index (χ1v) is 4.48. The molecule has 1 unspecified atom stereocenters. The molecule has 14 heavy (non-hydrogen) atoms. The summed E-state index contributed by atoms with van der Waals surface area (Å²) in [6, 6.07) is 1.94. The van der Waals surface area contributed by atoms with Crippen LogP contribution in [0, 0.1) is 0 Å². The van der Waals surface area contributed by atoms with Crippen LogP contribution < -0.4 is 16.4 Å². The van der Waals surface area contributed by atoms with E-state index in [2.05, 4.69) is 15.6 Å². The number of anilines is 2. The zero-order valence-corrected chi connectivity index (χ0v) is 7.66. The maximum Gasteiger partial charge on any atom is 0.222 e. The van der Waals surface area contributed by atoms with Crippen molar-refractivity contribution in [1.82, 2.24) is 10.3 Å². The van der Waals surface area contributed by atoms with Crippen LogP contribution in [0.4, 0.5) is 11.4 Å². The normalized spacial score (nSPS) is 20.6. The van der Waals surface area contributed by atoms with E-state index in [1.165, 1.54) is 0 Å². The number of nitrogens with one attached hydrogen (secondary N) is 2. The number of hydrogen-bond acceptors (Lipinski definition) is 4. The largest absolute Gasteiger partial charge is 0.396 e. The molecule has 1 aliphatic heterocycles. The van der Waals surface area contributed by atoms with E-state index in [4.69, 9.17) is 5.73 Å². The summed E-state index contributed by atoms with van der Waals surface area (Å²) in [5, 5.41) is 5.94. The minimum Gasteiger partial charge on any atom is -0.396 e. The molecule has 5 heteroatoms. The molecule has 0 spiro atoms. The van der Waals surface area contributed by atoms with E-state index >= 15 is 0 Å². The summed E-state index contributed by atoms with van der Waals surface area (Å²) in [7, 11) is 0. The molecule has 1 amide bonds. The fourth-order valence-electron chi connectivity index (χ4n) is 1.47. The zero-order valence-electron chi connectivity index (χ0n) is 7.66. The Morgan fingerprint density at radius 2 is 2.50 bits per heavy atom. The number of nitrogens with zero attached hydrogens (tertiary/aromatic N) is 1. The van der Waals surface area contributed by atoms with Gasteiger partial charge >= 0.3 is 0 Å². The highest BCUT2D eigenvalue weighted by Crippen LogP contribution is 2.18. The van der Waals surface area contributed by atoms with E-state index in [1.54, 1.807) is 18.5 Å². The molecule has 2 heterocycles. The monoisotopic (exact) mass is 192 g/mol. The van der Waals surface area contributed by atoms with E-state index in [0.717, 1.165) is 5.69 Å². The molecule has 1 fully saturated rings. The van der Waals surface area contributed by atoms with Gasteiger partial charge in [0.25, 0.3) is 0 Å². The van der Waals surface area contributed by atoms with Crippen molar-refractivity contribution < 1.29 is 4.79 Å². The Morgan fingerprint density at radius 3 is 3.14 bits per heavy atom. The van der Waals surface area contributed by atoms with Gasteiger partial charge in [-0.3, -0.25) is 9.78 Å². The van der Waals surface area contributed by atoms with Gasteiger partial charge < -0.3 is 16.4 Å². The molecular formula is C9H12N4O. The number of nitrogens with two attached hydrogens (primary N) is 1. The molecule has 0 bridgehead atoms. The summed E-state index contributed by atoms with van der Waals surface area (Å²) >= 11 is 0. The summed E-state index contributed by atoms with van der Waals surface area (Å²) in [6.45, 7) is 0.653. The molecule has 1 atom stereocenters. The van der Waals surface area contributed by atoms with Gasteiger partial charge in [-0.05, 0) is 6.07 Å². The second-order valence-corrected chi connectivity index (χ2v) is 3.31. The van der Waals surface area contributed by atoms with E-state index in [1.807, 2.05) is 0 Å². The Hall–Kier alpha value is -1.78. The van der Waals surface area contributed by atoms with Gasteiger partial charge in [0.1, 0.15) is 0 Å². The predicted octanol–water partition coefficient (Wildman–Crippen LogP) is -0.0358. The molecule has 0 aliphatic carbocycles. The van der Waals surface area contributed by atoms with Gasteiger partial charge in [-0.2, -0.15) is 0 Å². The van der Waals surface area contributed by atoms with Crippen LogP contribution in [-0.2, 0) is 4.79 Å². The van der Waals surface area contributed by atoms with Crippen LogP contribution in [0.25, 0.3) is 0 Å². The molecule has 1 aliphatic rings. The quantitative estimate of drug-likeness (QED) is 0.614. The molecule has 1 aromatic rings. The molecule has 0 saturated carbocycles. The first kappa shape index (κ1) is 8.80. The van der Waals surface area contributed by atoms with Crippen molar-refractivity contribution in [3.05, 3.63) is 18.5 Å². The Kier molecular flexibility index (Phi) is 2.22. The maximum absolute atomic E-state index is 10.9. The van der Waals surface area contributed by atoms with E-state index in [9.17, 15) is 4.79 Å². The summed E-state index contributed by atoms with van der Waals surface area (Å²) < 4.78 is 0. The first-order chi connectivity index (χ1) is 6.75. The first-order valence-electron chi connectivity index (χ1n) is 4.48. The molecule has 4 N–H and O–H groups in total. The minimum atomic E-state index is 0.0788. The van der Waals surface area contributed by atoms with Crippen molar-refractivity contribution in [3.8, 4) is 0 Å².